The van der Waals surface area contributed by atoms with Gasteiger partial charge in [0.2, 0.25) is 0 Å². The largest absolute Gasteiger partial charge is 0.381 e. The molecule has 0 spiro atoms. The van der Waals surface area contributed by atoms with Crippen LogP contribution in [0, 0.1) is 11.8 Å². The van der Waals surface area contributed by atoms with Gasteiger partial charge < -0.3 is 20.1 Å². The summed E-state index contributed by atoms with van der Waals surface area (Å²) in [7, 11) is 1.82. The highest BCUT2D eigenvalue weighted by atomic mass is 16.5. The van der Waals surface area contributed by atoms with Gasteiger partial charge in [-0.2, -0.15) is 0 Å². The Morgan fingerprint density at radius 1 is 1.35 bits per heavy atom. The van der Waals surface area contributed by atoms with Crippen molar-refractivity contribution in [2.24, 2.45) is 16.8 Å². The molecule has 2 fully saturated rings. The lowest BCUT2D eigenvalue weighted by Crippen LogP contribution is -2.39. The van der Waals surface area contributed by atoms with E-state index < -0.39 is 0 Å². The molecule has 2 unspecified atom stereocenters. The number of nitrogens with zero attached hydrogens (tertiary/aromatic N) is 1. The third kappa shape index (κ3) is 5.67. The van der Waals surface area contributed by atoms with Crippen LogP contribution in [-0.2, 0) is 9.47 Å². The Morgan fingerprint density at radius 3 is 2.75 bits per heavy atom. The van der Waals surface area contributed by atoms with Gasteiger partial charge in [-0.05, 0) is 37.5 Å². The van der Waals surface area contributed by atoms with Crippen LogP contribution in [0.25, 0.3) is 0 Å². The zero-order chi connectivity index (χ0) is 14.2. The first-order valence-electron chi connectivity index (χ1n) is 7.92. The van der Waals surface area contributed by atoms with E-state index in [9.17, 15) is 0 Å². The van der Waals surface area contributed by atoms with Gasteiger partial charge in [0, 0.05) is 46.1 Å². The summed E-state index contributed by atoms with van der Waals surface area (Å²) in [6, 6.07) is 0.617. The van der Waals surface area contributed by atoms with Crippen LogP contribution < -0.4 is 10.6 Å². The first kappa shape index (κ1) is 15.6. The molecule has 2 aliphatic rings. The van der Waals surface area contributed by atoms with Crippen LogP contribution in [0.4, 0.5) is 0 Å². The Kier molecular flexibility index (Phi) is 6.60. The smallest absolute Gasteiger partial charge is 0.191 e. The lowest BCUT2D eigenvalue weighted by Gasteiger charge is -2.21. The summed E-state index contributed by atoms with van der Waals surface area (Å²) in [5, 5.41) is 6.76. The van der Waals surface area contributed by atoms with E-state index in [2.05, 4.69) is 22.5 Å². The molecule has 20 heavy (non-hydrogen) atoms. The van der Waals surface area contributed by atoms with E-state index in [0.29, 0.717) is 12.0 Å². The Balaban J connectivity index is 1.44. The van der Waals surface area contributed by atoms with Crippen LogP contribution in [0.3, 0.4) is 0 Å². The molecule has 116 valence electrons. The Hall–Kier alpha value is -0.810. The molecule has 1 aliphatic carbocycles. The van der Waals surface area contributed by atoms with Gasteiger partial charge in [-0.25, -0.2) is 0 Å². The highest BCUT2D eigenvalue weighted by Crippen LogP contribution is 2.28. The zero-order valence-corrected chi connectivity index (χ0v) is 12.9. The SMILES string of the molecule is CN=C(NCCCOCC1CCOCC1)NC1CC1C. The first-order chi connectivity index (χ1) is 9.79. The van der Waals surface area contributed by atoms with E-state index >= 15 is 0 Å². The van der Waals surface area contributed by atoms with Crippen LogP contribution in [-0.4, -0.2) is 52.0 Å². The maximum absolute atomic E-state index is 5.74. The molecule has 5 heteroatoms. The number of ether oxygens (including phenoxy) is 2. The molecule has 0 aromatic rings. The normalized spacial score (nSPS) is 27.4. The van der Waals surface area contributed by atoms with Gasteiger partial charge >= 0.3 is 0 Å². The number of hydrogen-bond acceptors (Lipinski definition) is 3. The van der Waals surface area contributed by atoms with Gasteiger partial charge in [0.1, 0.15) is 0 Å². The fourth-order valence-electron chi connectivity index (χ4n) is 2.44. The average Bonchev–Trinajstić information content (AvgIpc) is 3.17. The maximum atomic E-state index is 5.74. The summed E-state index contributed by atoms with van der Waals surface area (Å²) >= 11 is 0. The molecule has 2 N–H and O–H groups in total. The number of aliphatic imine (C=N–C) groups is 1. The van der Waals surface area contributed by atoms with Crippen LogP contribution in [0.15, 0.2) is 4.99 Å². The third-order valence-corrected chi connectivity index (χ3v) is 4.11. The van der Waals surface area contributed by atoms with Crippen LogP contribution in [0.1, 0.15) is 32.6 Å². The van der Waals surface area contributed by atoms with Crippen LogP contribution in [0.5, 0.6) is 0 Å². The lowest BCUT2D eigenvalue weighted by molar-refractivity contribution is 0.0203. The highest BCUT2D eigenvalue weighted by molar-refractivity contribution is 5.80. The predicted molar refractivity (Wildman–Crippen MR) is 81.0 cm³/mol. The summed E-state index contributed by atoms with van der Waals surface area (Å²) in [4.78, 5) is 4.23. The fourth-order valence-corrected chi connectivity index (χ4v) is 2.44. The molecule has 1 aliphatic heterocycles. The monoisotopic (exact) mass is 283 g/mol. The molecule has 0 aromatic carbocycles. The Bertz CT molecular complexity index is 303. The van der Waals surface area contributed by atoms with Gasteiger partial charge in [-0.1, -0.05) is 6.92 Å². The molecule has 2 rings (SSSR count). The molecule has 2 atom stereocenters. The standard InChI is InChI=1S/C15H29N3O2/c1-12-10-14(12)18-15(16-2)17-6-3-7-20-11-13-4-8-19-9-5-13/h12-14H,3-11H2,1-2H3,(H2,16,17,18). The number of guanidine groups is 1. The summed E-state index contributed by atoms with van der Waals surface area (Å²) in [6.07, 6.45) is 4.57. The summed E-state index contributed by atoms with van der Waals surface area (Å²) in [5.41, 5.74) is 0. The lowest BCUT2D eigenvalue weighted by atomic mass is 10.0. The average molecular weight is 283 g/mol. The van der Waals surface area contributed by atoms with Crippen molar-refractivity contribution < 1.29 is 9.47 Å². The molecule has 0 amide bonds. The van der Waals surface area contributed by atoms with Crippen LogP contribution in [0.2, 0.25) is 0 Å². The zero-order valence-electron chi connectivity index (χ0n) is 12.9. The Labute approximate surface area is 122 Å². The van der Waals surface area contributed by atoms with Crippen LogP contribution >= 0.6 is 0 Å². The van der Waals surface area contributed by atoms with Crippen molar-refractivity contribution in [1.82, 2.24) is 10.6 Å². The number of nitrogens with one attached hydrogen (secondary N) is 2. The van der Waals surface area contributed by atoms with E-state index in [1.54, 1.807) is 0 Å². The topological polar surface area (TPSA) is 54.9 Å². The van der Waals surface area contributed by atoms with Gasteiger partial charge in [-0.15, -0.1) is 0 Å². The number of rotatable bonds is 7. The van der Waals surface area contributed by atoms with E-state index in [0.717, 1.165) is 64.1 Å². The second-order valence-electron chi connectivity index (χ2n) is 5.95. The molecule has 0 bridgehead atoms. The second kappa shape index (κ2) is 8.47. The second-order valence-corrected chi connectivity index (χ2v) is 5.95. The van der Waals surface area contributed by atoms with Crippen molar-refractivity contribution in [1.29, 1.82) is 0 Å². The van der Waals surface area contributed by atoms with Gasteiger partial charge in [0.25, 0.3) is 0 Å². The van der Waals surface area contributed by atoms with Gasteiger partial charge in [0.05, 0.1) is 0 Å². The molecule has 1 saturated carbocycles. The maximum Gasteiger partial charge on any atom is 0.191 e. The fraction of sp³-hybridized carbons (Fsp3) is 0.933. The quantitative estimate of drug-likeness (QED) is 0.421. The van der Waals surface area contributed by atoms with E-state index in [4.69, 9.17) is 9.47 Å². The summed E-state index contributed by atoms with van der Waals surface area (Å²) in [5.74, 6) is 2.41. The van der Waals surface area contributed by atoms with Gasteiger partial charge in [-0.3, -0.25) is 4.99 Å². The van der Waals surface area contributed by atoms with E-state index in [1.165, 1.54) is 6.42 Å². The minimum absolute atomic E-state index is 0.617. The predicted octanol–water partition coefficient (Wildman–Crippen LogP) is 1.39. The van der Waals surface area contributed by atoms with Crippen molar-refractivity contribution >= 4 is 5.96 Å². The summed E-state index contributed by atoms with van der Waals surface area (Å²) in [6.45, 7) is 6.68. The molecule has 0 radical (unpaired) electrons. The van der Waals surface area contributed by atoms with E-state index in [-0.39, 0.29) is 0 Å². The Morgan fingerprint density at radius 2 is 2.10 bits per heavy atom. The third-order valence-electron chi connectivity index (χ3n) is 4.11. The van der Waals surface area contributed by atoms with Crippen molar-refractivity contribution in [3.05, 3.63) is 0 Å². The van der Waals surface area contributed by atoms with Crippen molar-refractivity contribution in [2.45, 2.75) is 38.6 Å². The molecule has 5 nitrogen and oxygen atoms in total. The van der Waals surface area contributed by atoms with Crippen molar-refractivity contribution in [3.8, 4) is 0 Å². The minimum atomic E-state index is 0.617. The molecule has 0 aromatic heterocycles. The highest BCUT2D eigenvalue weighted by Gasteiger charge is 2.33. The molecule has 1 saturated heterocycles. The summed E-state index contributed by atoms with van der Waals surface area (Å²) < 4.78 is 11.1. The first-order valence-corrected chi connectivity index (χ1v) is 7.92. The van der Waals surface area contributed by atoms with Crippen molar-refractivity contribution in [2.75, 3.05) is 40.0 Å². The van der Waals surface area contributed by atoms with Gasteiger partial charge in [0.15, 0.2) is 5.96 Å². The molecular weight excluding hydrogens is 254 g/mol. The number of hydrogen-bond donors (Lipinski definition) is 2. The molecular formula is C15H29N3O2. The van der Waals surface area contributed by atoms with Crippen molar-refractivity contribution in [3.63, 3.8) is 0 Å². The van der Waals surface area contributed by atoms with E-state index in [1.807, 2.05) is 7.05 Å². The minimum Gasteiger partial charge on any atom is -0.381 e. The molecule has 1 heterocycles.